The third-order valence-electron chi connectivity index (χ3n) is 3.63. The second-order valence-electron chi connectivity index (χ2n) is 4.72. The molecule has 0 unspecified atom stereocenters. The molecule has 86 valence electrons. The average Bonchev–Trinajstić information content (AvgIpc) is 2.71. The molecular formula is C11H20N2S2. The molecule has 1 heterocycles. The van der Waals surface area contributed by atoms with Crippen molar-refractivity contribution in [3.8, 4) is 0 Å². The van der Waals surface area contributed by atoms with Crippen molar-refractivity contribution < 1.29 is 0 Å². The second kappa shape index (κ2) is 5.51. The first-order chi connectivity index (χ1) is 7.25. The second-order valence-corrected chi connectivity index (χ2v) is 5.83. The van der Waals surface area contributed by atoms with Gasteiger partial charge in [0, 0.05) is 32.7 Å². The summed E-state index contributed by atoms with van der Waals surface area (Å²) >= 11 is 9.30. The van der Waals surface area contributed by atoms with Gasteiger partial charge in [0.15, 0.2) is 0 Å². The van der Waals surface area contributed by atoms with Gasteiger partial charge in [-0.05, 0) is 18.8 Å². The van der Waals surface area contributed by atoms with Crippen molar-refractivity contribution in [2.75, 3.05) is 32.7 Å². The number of thiol groups is 1. The lowest BCUT2D eigenvalue weighted by atomic mass is 10.1. The molecule has 2 nitrogen and oxygen atoms in total. The maximum atomic E-state index is 5.07. The minimum atomic E-state index is 0.760. The monoisotopic (exact) mass is 244 g/mol. The van der Waals surface area contributed by atoms with Crippen LogP contribution >= 0.6 is 24.8 Å². The lowest BCUT2D eigenvalue weighted by molar-refractivity contribution is 0.163. The highest BCUT2D eigenvalue weighted by atomic mass is 32.1. The predicted molar refractivity (Wildman–Crippen MR) is 71.6 cm³/mol. The van der Waals surface area contributed by atoms with Gasteiger partial charge in [-0.3, -0.25) is 4.90 Å². The van der Waals surface area contributed by atoms with Crippen molar-refractivity contribution in [2.45, 2.75) is 25.7 Å². The molecule has 2 fully saturated rings. The molecule has 0 radical (unpaired) electrons. The number of thiocarbonyl (C=S) groups is 1. The summed E-state index contributed by atoms with van der Waals surface area (Å²) in [5.74, 6) is 0.972. The van der Waals surface area contributed by atoms with Gasteiger partial charge in [0.05, 0.1) is 0 Å². The first-order valence-electron chi connectivity index (χ1n) is 5.96. The molecule has 0 amide bonds. The summed E-state index contributed by atoms with van der Waals surface area (Å²) in [7, 11) is 0. The molecule has 15 heavy (non-hydrogen) atoms. The van der Waals surface area contributed by atoms with Gasteiger partial charge in [0.1, 0.15) is 4.32 Å². The number of nitrogens with zero attached hydrogens (tertiary/aromatic N) is 2. The van der Waals surface area contributed by atoms with Crippen LogP contribution in [0, 0.1) is 5.92 Å². The van der Waals surface area contributed by atoms with E-state index in [-0.39, 0.29) is 0 Å². The lowest BCUT2D eigenvalue weighted by Crippen LogP contribution is -2.48. The summed E-state index contributed by atoms with van der Waals surface area (Å²) in [5.41, 5.74) is 0. The third-order valence-corrected chi connectivity index (χ3v) is 4.17. The normalized spacial score (nSPS) is 24.7. The SMILES string of the molecule is S=C(S)N1CCN(CC2CCCC2)CC1. The Morgan fingerprint density at radius 1 is 1.13 bits per heavy atom. The van der Waals surface area contributed by atoms with E-state index in [4.69, 9.17) is 12.2 Å². The number of piperazine rings is 1. The number of rotatable bonds is 2. The van der Waals surface area contributed by atoms with Gasteiger partial charge in [-0.1, -0.05) is 25.1 Å². The fourth-order valence-corrected chi connectivity index (χ4v) is 3.06. The van der Waals surface area contributed by atoms with E-state index < -0.39 is 0 Å². The Morgan fingerprint density at radius 3 is 2.27 bits per heavy atom. The molecule has 1 saturated carbocycles. The Balaban J connectivity index is 1.71. The van der Waals surface area contributed by atoms with Crippen molar-refractivity contribution in [3.63, 3.8) is 0 Å². The van der Waals surface area contributed by atoms with Gasteiger partial charge in [0.25, 0.3) is 0 Å². The summed E-state index contributed by atoms with van der Waals surface area (Å²) in [6, 6.07) is 0. The van der Waals surface area contributed by atoms with E-state index in [1.165, 1.54) is 32.2 Å². The van der Waals surface area contributed by atoms with Crippen LogP contribution in [-0.2, 0) is 0 Å². The largest absolute Gasteiger partial charge is 0.355 e. The van der Waals surface area contributed by atoms with Gasteiger partial charge in [-0.15, -0.1) is 12.6 Å². The molecule has 0 N–H and O–H groups in total. The van der Waals surface area contributed by atoms with Gasteiger partial charge in [-0.2, -0.15) is 0 Å². The van der Waals surface area contributed by atoms with Crippen LogP contribution in [0.15, 0.2) is 0 Å². The third kappa shape index (κ3) is 3.33. The van der Waals surface area contributed by atoms with E-state index in [1.54, 1.807) is 0 Å². The van der Waals surface area contributed by atoms with Crippen LogP contribution in [0.1, 0.15) is 25.7 Å². The van der Waals surface area contributed by atoms with Crippen LogP contribution in [0.5, 0.6) is 0 Å². The molecule has 0 aromatic rings. The topological polar surface area (TPSA) is 6.48 Å². The highest BCUT2D eigenvalue weighted by molar-refractivity contribution is 8.10. The van der Waals surface area contributed by atoms with E-state index in [2.05, 4.69) is 22.4 Å². The lowest BCUT2D eigenvalue weighted by Gasteiger charge is -2.36. The van der Waals surface area contributed by atoms with Crippen molar-refractivity contribution in [2.24, 2.45) is 5.92 Å². The molecule has 1 aliphatic carbocycles. The predicted octanol–water partition coefficient (Wildman–Crippen LogP) is 2.01. The van der Waals surface area contributed by atoms with E-state index in [0.717, 1.165) is 36.4 Å². The fourth-order valence-electron chi connectivity index (χ4n) is 2.68. The van der Waals surface area contributed by atoms with Gasteiger partial charge < -0.3 is 4.90 Å². The maximum absolute atomic E-state index is 5.07. The van der Waals surface area contributed by atoms with E-state index >= 15 is 0 Å². The molecule has 0 aromatic carbocycles. The average molecular weight is 244 g/mol. The minimum absolute atomic E-state index is 0.760. The van der Waals surface area contributed by atoms with Crippen molar-refractivity contribution in [1.29, 1.82) is 0 Å². The van der Waals surface area contributed by atoms with E-state index in [1.807, 2.05) is 0 Å². The van der Waals surface area contributed by atoms with Crippen LogP contribution < -0.4 is 0 Å². The van der Waals surface area contributed by atoms with Crippen LogP contribution in [0.2, 0.25) is 0 Å². The highest BCUT2D eigenvalue weighted by Crippen LogP contribution is 2.25. The zero-order valence-electron chi connectivity index (χ0n) is 9.19. The van der Waals surface area contributed by atoms with Gasteiger partial charge >= 0.3 is 0 Å². The molecule has 0 aromatic heterocycles. The Hall–Kier alpha value is 0.200. The van der Waals surface area contributed by atoms with Crippen molar-refractivity contribution in [1.82, 2.24) is 9.80 Å². The molecule has 2 rings (SSSR count). The summed E-state index contributed by atoms with van der Waals surface area (Å²) in [6.45, 7) is 5.77. The highest BCUT2D eigenvalue weighted by Gasteiger charge is 2.22. The standard InChI is InChI=1S/C11H20N2S2/c14-11(15)13-7-5-12(6-8-13)9-10-3-1-2-4-10/h10H,1-9H2,(H,14,15). The fraction of sp³-hybridized carbons (Fsp3) is 0.909. The summed E-state index contributed by atoms with van der Waals surface area (Å²) in [4.78, 5) is 4.79. The Bertz CT molecular complexity index is 219. The van der Waals surface area contributed by atoms with Gasteiger partial charge in [0.2, 0.25) is 0 Å². The summed E-state index contributed by atoms with van der Waals surface area (Å²) < 4.78 is 0.760. The molecular weight excluding hydrogens is 224 g/mol. The first-order valence-corrected chi connectivity index (χ1v) is 6.81. The van der Waals surface area contributed by atoms with Crippen LogP contribution in [-0.4, -0.2) is 46.8 Å². The van der Waals surface area contributed by atoms with Crippen LogP contribution in [0.4, 0.5) is 0 Å². The summed E-state index contributed by atoms with van der Waals surface area (Å²) in [5, 5.41) is 0. The van der Waals surface area contributed by atoms with E-state index in [0.29, 0.717) is 0 Å². The van der Waals surface area contributed by atoms with Crippen molar-refractivity contribution in [3.05, 3.63) is 0 Å². The number of hydrogen-bond donors (Lipinski definition) is 1. The summed E-state index contributed by atoms with van der Waals surface area (Å²) in [6.07, 6.45) is 5.80. The smallest absolute Gasteiger partial charge is 0.133 e. The molecule has 4 heteroatoms. The van der Waals surface area contributed by atoms with Crippen molar-refractivity contribution >= 4 is 29.2 Å². The Labute approximate surface area is 103 Å². The molecule has 0 bridgehead atoms. The maximum Gasteiger partial charge on any atom is 0.133 e. The molecule has 1 saturated heterocycles. The van der Waals surface area contributed by atoms with E-state index in [9.17, 15) is 0 Å². The Kier molecular flexibility index (Phi) is 4.29. The minimum Gasteiger partial charge on any atom is -0.355 e. The molecule has 0 atom stereocenters. The zero-order chi connectivity index (χ0) is 10.7. The van der Waals surface area contributed by atoms with Crippen LogP contribution in [0.25, 0.3) is 0 Å². The number of hydrogen-bond acceptors (Lipinski definition) is 2. The quantitative estimate of drug-likeness (QED) is 0.587. The molecule has 1 aliphatic heterocycles. The molecule has 0 spiro atoms. The molecule has 2 aliphatic rings. The van der Waals surface area contributed by atoms with Gasteiger partial charge in [-0.25, -0.2) is 0 Å². The zero-order valence-corrected chi connectivity index (χ0v) is 10.9. The van der Waals surface area contributed by atoms with Crippen LogP contribution in [0.3, 0.4) is 0 Å². The first kappa shape index (κ1) is 11.7. The Morgan fingerprint density at radius 2 is 1.73 bits per heavy atom.